The van der Waals surface area contributed by atoms with E-state index in [2.05, 4.69) is 76.4 Å². The first kappa shape index (κ1) is 22.2. The number of tetrazole rings is 1. The number of quaternary nitrogens is 2. The molecule has 0 aliphatic carbocycles. The summed E-state index contributed by atoms with van der Waals surface area (Å²) in [6, 6.07) is 19.5. The summed E-state index contributed by atoms with van der Waals surface area (Å²) in [5.41, 5.74) is 3.83. The highest BCUT2D eigenvalue weighted by molar-refractivity contribution is 7.09. The second-order valence-electron chi connectivity index (χ2n) is 9.39. The predicted molar refractivity (Wildman–Crippen MR) is 132 cm³/mol. The van der Waals surface area contributed by atoms with Crippen LogP contribution in [-0.4, -0.2) is 53.2 Å². The summed E-state index contributed by atoms with van der Waals surface area (Å²) in [6.07, 6.45) is 0. The Bertz CT molecular complexity index is 1270. The molecule has 0 bridgehead atoms. The average molecular weight is 491 g/mol. The second kappa shape index (κ2) is 9.77. The lowest BCUT2D eigenvalue weighted by atomic mass is 10.0. The zero-order valence-corrected chi connectivity index (χ0v) is 20.6. The quantitative estimate of drug-likeness (QED) is 0.403. The minimum absolute atomic E-state index is 0.109. The molecule has 0 radical (unpaired) electrons. The second-order valence-corrected chi connectivity index (χ2v) is 10.4. The van der Waals surface area contributed by atoms with Crippen LogP contribution < -0.4 is 19.3 Å². The van der Waals surface area contributed by atoms with Crippen LogP contribution in [0, 0.1) is 6.92 Å². The Morgan fingerprint density at radius 2 is 1.83 bits per heavy atom. The van der Waals surface area contributed by atoms with Gasteiger partial charge in [-0.1, -0.05) is 35.9 Å². The molecule has 180 valence electrons. The van der Waals surface area contributed by atoms with Crippen LogP contribution in [-0.2, 0) is 13.1 Å². The number of nitrogens with one attached hydrogen (secondary N) is 2. The van der Waals surface area contributed by atoms with E-state index in [0.29, 0.717) is 13.3 Å². The van der Waals surface area contributed by atoms with E-state index < -0.39 is 0 Å². The molecule has 2 aliphatic heterocycles. The van der Waals surface area contributed by atoms with Crippen LogP contribution in [0.1, 0.15) is 33.4 Å². The van der Waals surface area contributed by atoms with Crippen molar-refractivity contribution in [3.05, 3.63) is 87.4 Å². The van der Waals surface area contributed by atoms with Crippen molar-refractivity contribution in [1.82, 2.24) is 20.2 Å². The van der Waals surface area contributed by atoms with Crippen LogP contribution in [0.3, 0.4) is 0 Å². The fourth-order valence-electron chi connectivity index (χ4n) is 5.14. The van der Waals surface area contributed by atoms with Gasteiger partial charge in [-0.15, -0.1) is 16.4 Å². The zero-order chi connectivity index (χ0) is 23.6. The smallest absolute Gasteiger partial charge is 0.231 e. The summed E-state index contributed by atoms with van der Waals surface area (Å²) in [6.45, 7) is 8.46. The number of benzene rings is 2. The number of hydrogen-bond donors (Lipinski definition) is 2. The van der Waals surface area contributed by atoms with E-state index in [4.69, 9.17) is 9.47 Å². The van der Waals surface area contributed by atoms with E-state index in [1.54, 1.807) is 16.2 Å². The van der Waals surface area contributed by atoms with Crippen molar-refractivity contribution in [2.45, 2.75) is 26.1 Å². The highest BCUT2D eigenvalue weighted by Crippen LogP contribution is 2.32. The van der Waals surface area contributed by atoms with Gasteiger partial charge in [-0.25, -0.2) is 4.68 Å². The molecule has 0 amide bonds. The largest absolute Gasteiger partial charge is 0.454 e. The maximum absolute atomic E-state index is 5.57. The third-order valence-corrected chi connectivity index (χ3v) is 7.87. The molecule has 0 spiro atoms. The van der Waals surface area contributed by atoms with Crippen LogP contribution in [0.25, 0.3) is 0 Å². The van der Waals surface area contributed by atoms with Crippen molar-refractivity contribution in [3.63, 3.8) is 0 Å². The first-order valence-electron chi connectivity index (χ1n) is 12.1. The predicted octanol–water partition coefficient (Wildman–Crippen LogP) is 0.893. The number of hydrogen-bond acceptors (Lipinski definition) is 6. The lowest BCUT2D eigenvalue weighted by Gasteiger charge is -2.34. The Balaban J connectivity index is 1.20. The number of piperazine rings is 1. The van der Waals surface area contributed by atoms with Gasteiger partial charge in [0.15, 0.2) is 17.5 Å². The molecular weight excluding hydrogens is 460 g/mol. The molecule has 4 heterocycles. The van der Waals surface area contributed by atoms with Crippen molar-refractivity contribution in [2.75, 3.05) is 33.0 Å². The van der Waals surface area contributed by atoms with Crippen LogP contribution in [0.15, 0.2) is 60.0 Å². The number of ether oxygens (including phenoxy) is 2. The number of aryl methyl sites for hydroxylation is 1. The minimum Gasteiger partial charge on any atom is -0.454 e. The first-order valence-corrected chi connectivity index (χ1v) is 13.0. The van der Waals surface area contributed by atoms with Crippen LogP contribution >= 0.6 is 11.3 Å². The number of aromatic nitrogens is 4. The van der Waals surface area contributed by atoms with Crippen LogP contribution in [0.5, 0.6) is 11.5 Å². The van der Waals surface area contributed by atoms with Gasteiger partial charge in [0.05, 0.1) is 6.54 Å². The normalized spacial score (nSPS) is 20.1. The maximum Gasteiger partial charge on any atom is 0.231 e. The van der Waals surface area contributed by atoms with Gasteiger partial charge in [0.1, 0.15) is 32.7 Å². The molecule has 0 unspecified atom stereocenters. The fraction of sp³-hybridized carbons (Fsp3) is 0.346. The SMILES string of the molecule is Cc1ccc([C@H](c2nnnn2Cc2cccs2)[NH+]2CC[NH+](Cc3ccc4c(c3)OCO4)CC2)cc1. The van der Waals surface area contributed by atoms with E-state index in [-0.39, 0.29) is 6.04 Å². The molecule has 2 N–H and O–H groups in total. The maximum atomic E-state index is 5.57. The third kappa shape index (κ3) is 4.80. The molecule has 8 nitrogen and oxygen atoms in total. The molecular formula is C26H30N6O2S+2. The molecule has 1 atom stereocenters. The van der Waals surface area contributed by atoms with E-state index in [9.17, 15) is 0 Å². The molecule has 9 heteroatoms. The van der Waals surface area contributed by atoms with Gasteiger partial charge in [0.2, 0.25) is 12.6 Å². The summed E-state index contributed by atoms with van der Waals surface area (Å²) >= 11 is 1.74. The first-order chi connectivity index (χ1) is 17.2. The van der Waals surface area contributed by atoms with Gasteiger partial charge in [-0.2, -0.15) is 0 Å². The van der Waals surface area contributed by atoms with Gasteiger partial charge < -0.3 is 19.3 Å². The topological polar surface area (TPSA) is 70.9 Å². The van der Waals surface area contributed by atoms with Crippen molar-refractivity contribution in [1.29, 1.82) is 0 Å². The standard InChI is InChI=1S/C26H28N6O2S/c1-19-4-7-21(8-5-19)25(26-27-28-29-32(26)17-22-3-2-14-35-22)31-12-10-30(11-13-31)16-20-6-9-23-24(15-20)34-18-33-23/h2-9,14-15,25H,10-13,16-18H2,1H3/p+2/t25-/m1/s1. The number of nitrogens with zero attached hydrogens (tertiary/aromatic N) is 4. The molecule has 2 aliphatic rings. The van der Waals surface area contributed by atoms with Crippen molar-refractivity contribution >= 4 is 11.3 Å². The van der Waals surface area contributed by atoms with E-state index in [1.807, 2.05) is 10.7 Å². The van der Waals surface area contributed by atoms with E-state index in [0.717, 1.165) is 50.0 Å². The molecule has 1 saturated heterocycles. The lowest BCUT2D eigenvalue weighted by Crippen LogP contribution is -3.27. The van der Waals surface area contributed by atoms with E-state index >= 15 is 0 Å². The Morgan fingerprint density at radius 1 is 1.00 bits per heavy atom. The van der Waals surface area contributed by atoms with Crippen LogP contribution in [0.2, 0.25) is 0 Å². The molecule has 35 heavy (non-hydrogen) atoms. The number of rotatable bonds is 7. The average Bonchev–Trinajstić information content (AvgIpc) is 3.65. The highest BCUT2D eigenvalue weighted by Gasteiger charge is 2.35. The molecule has 4 aromatic rings. The fourth-order valence-corrected chi connectivity index (χ4v) is 5.82. The number of fused-ring (bicyclic) bond motifs is 1. The van der Waals surface area contributed by atoms with Gasteiger partial charge in [0.25, 0.3) is 0 Å². The Morgan fingerprint density at radius 3 is 2.63 bits per heavy atom. The van der Waals surface area contributed by atoms with Crippen molar-refractivity contribution < 1.29 is 19.3 Å². The number of thiophene rings is 1. The molecule has 0 saturated carbocycles. The molecule has 2 aromatic carbocycles. The minimum atomic E-state index is 0.109. The zero-order valence-electron chi connectivity index (χ0n) is 19.8. The van der Waals surface area contributed by atoms with Gasteiger partial charge in [-0.05, 0) is 47.0 Å². The summed E-state index contributed by atoms with van der Waals surface area (Å²) in [5.74, 6) is 2.65. The van der Waals surface area contributed by atoms with E-state index in [1.165, 1.54) is 26.5 Å². The molecule has 1 fully saturated rings. The summed E-state index contributed by atoms with van der Waals surface area (Å²) in [4.78, 5) is 4.37. The summed E-state index contributed by atoms with van der Waals surface area (Å²) in [7, 11) is 0. The Labute approximate surface area is 208 Å². The third-order valence-electron chi connectivity index (χ3n) is 7.01. The lowest BCUT2D eigenvalue weighted by molar-refractivity contribution is -1.03. The van der Waals surface area contributed by atoms with Crippen molar-refractivity contribution in [3.8, 4) is 11.5 Å². The molecule has 2 aromatic heterocycles. The monoisotopic (exact) mass is 490 g/mol. The van der Waals surface area contributed by atoms with Gasteiger partial charge >= 0.3 is 0 Å². The Kier molecular flexibility index (Phi) is 6.20. The van der Waals surface area contributed by atoms with Gasteiger partial charge in [-0.3, -0.25) is 0 Å². The van der Waals surface area contributed by atoms with Gasteiger partial charge in [0, 0.05) is 16.0 Å². The Hall–Kier alpha value is -3.27. The highest BCUT2D eigenvalue weighted by atomic mass is 32.1. The molecule has 6 rings (SSSR count). The summed E-state index contributed by atoms with van der Waals surface area (Å²) < 4.78 is 13.0. The van der Waals surface area contributed by atoms with Crippen molar-refractivity contribution in [2.24, 2.45) is 0 Å². The van der Waals surface area contributed by atoms with Crippen LogP contribution in [0.4, 0.5) is 0 Å². The summed E-state index contributed by atoms with van der Waals surface area (Å²) in [5, 5.41) is 15.1.